The molecule has 7 nitrogen and oxygen atoms in total. The lowest BCUT2D eigenvalue weighted by Crippen LogP contribution is -2.45. The third-order valence-electron chi connectivity index (χ3n) is 4.07. The first-order valence-electron chi connectivity index (χ1n) is 7.54. The summed E-state index contributed by atoms with van der Waals surface area (Å²) in [6.07, 6.45) is 0. The Morgan fingerprint density at radius 2 is 1.96 bits per heavy atom. The molecular formula is C15H21FN4O3. The predicted molar refractivity (Wildman–Crippen MR) is 86.5 cm³/mol. The summed E-state index contributed by atoms with van der Waals surface area (Å²) >= 11 is 0. The second-order valence-corrected chi connectivity index (χ2v) is 5.60. The fourth-order valence-electron chi connectivity index (χ4n) is 2.76. The van der Waals surface area contributed by atoms with Gasteiger partial charge in [-0.05, 0) is 20.0 Å². The summed E-state index contributed by atoms with van der Waals surface area (Å²) in [5, 5.41) is 11.2. The normalized spacial score (nSPS) is 15.6. The number of anilines is 2. The molecule has 23 heavy (non-hydrogen) atoms. The van der Waals surface area contributed by atoms with Gasteiger partial charge in [-0.1, -0.05) is 0 Å². The number of nitrogens with zero attached hydrogens (tertiary/aromatic N) is 4. The van der Waals surface area contributed by atoms with E-state index >= 15 is 0 Å². The fraction of sp³-hybridized carbons (Fsp3) is 0.533. The monoisotopic (exact) mass is 324 g/mol. The Morgan fingerprint density at radius 1 is 1.35 bits per heavy atom. The lowest BCUT2D eigenvalue weighted by molar-refractivity contribution is -0.384. The van der Waals surface area contributed by atoms with Gasteiger partial charge in [0.2, 0.25) is 5.91 Å². The Balaban J connectivity index is 2.48. The zero-order chi connectivity index (χ0) is 17.1. The maximum atomic E-state index is 14.4. The summed E-state index contributed by atoms with van der Waals surface area (Å²) in [6, 6.07) is 2.33. The molecule has 0 radical (unpaired) electrons. The zero-order valence-corrected chi connectivity index (χ0v) is 13.6. The quantitative estimate of drug-likeness (QED) is 0.624. The summed E-state index contributed by atoms with van der Waals surface area (Å²) in [5.74, 6) is -0.948. The number of hydrogen-bond acceptors (Lipinski definition) is 5. The molecule has 0 saturated carbocycles. The third-order valence-corrected chi connectivity index (χ3v) is 4.07. The molecular weight excluding hydrogens is 303 g/mol. The van der Waals surface area contributed by atoms with Crippen LogP contribution in [0.4, 0.5) is 21.5 Å². The Labute approximate surface area is 134 Å². The molecule has 0 aliphatic carbocycles. The van der Waals surface area contributed by atoms with E-state index in [1.165, 1.54) is 17.9 Å². The van der Waals surface area contributed by atoms with Crippen LogP contribution in [0.15, 0.2) is 12.1 Å². The second kappa shape index (κ2) is 6.91. The molecule has 0 N–H and O–H groups in total. The fourth-order valence-corrected chi connectivity index (χ4v) is 2.76. The van der Waals surface area contributed by atoms with E-state index in [1.807, 2.05) is 11.9 Å². The minimum absolute atomic E-state index is 0.139. The molecule has 1 aliphatic rings. The van der Waals surface area contributed by atoms with Gasteiger partial charge in [-0.25, -0.2) is 4.39 Å². The average Bonchev–Trinajstić information content (AvgIpc) is 2.49. The second-order valence-electron chi connectivity index (χ2n) is 5.60. The Hall–Kier alpha value is -2.22. The van der Waals surface area contributed by atoms with Crippen molar-refractivity contribution in [2.45, 2.75) is 13.8 Å². The van der Waals surface area contributed by atoms with Crippen molar-refractivity contribution in [1.82, 2.24) is 4.90 Å². The number of hydrogen-bond donors (Lipinski definition) is 0. The van der Waals surface area contributed by atoms with Crippen molar-refractivity contribution in [3.8, 4) is 0 Å². The van der Waals surface area contributed by atoms with Crippen molar-refractivity contribution < 1.29 is 14.1 Å². The molecule has 1 aromatic rings. The highest BCUT2D eigenvalue weighted by Crippen LogP contribution is 2.35. The number of halogens is 1. The minimum Gasteiger partial charge on any atom is -0.367 e. The summed E-state index contributed by atoms with van der Waals surface area (Å²) in [6.45, 7) is 6.19. The van der Waals surface area contributed by atoms with Crippen molar-refractivity contribution in [1.29, 1.82) is 0 Å². The van der Waals surface area contributed by atoms with Crippen LogP contribution in [0.1, 0.15) is 13.8 Å². The van der Waals surface area contributed by atoms with Gasteiger partial charge >= 0.3 is 0 Å². The molecule has 1 fully saturated rings. The molecule has 1 heterocycles. The van der Waals surface area contributed by atoms with Crippen LogP contribution < -0.4 is 9.80 Å². The molecule has 1 saturated heterocycles. The molecule has 1 aliphatic heterocycles. The zero-order valence-electron chi connectivity index (χ0n) is 13.6. The number of nitro benzene ring substituents is 1. The highest BCUT2D eigenvalue weighted by Gasteiger charge is 2.27. The number of carbonyl (C=O) groups is 1. The molecule has 0 unspecified atom stereocenters. The topological polar surface area (TPSA) is 69.9 Å². The molecule has 0 atom stereocenters. The Morgan fingerprint density at radius 3 is 2.43 bits per heavy atom. The minimum atomic E-state index is -0.655. The van der Waals surface area contributed by atoms with Gasteiger partial charge in [-0.15, -0.1) is 0 Å². The van der Waals surface area contributed by atoms with E-state index in [-0.39, 0.29) is 18.1 Å². The largest absolute Gasteiger partial charge is 0.367 e. The SMILES string of the molecule is CCN(C(C)=O)c1cc(N2CCN(C)CC2)c(F)cc1[N+](=O)[O-]. The average molecular weight is 324 g/mol. The van der Waals surface area contributed by atoms with E-state index in [4.69, 9.17) is 0 Å². The maximum Gasteiger partial charge on any atom is 0.296 e. The van der Waals surface area contributed by atoms with Gasteiger partial charge < -0.3 is 14.7 Å². The van der Waals surface area contributed by atoms with Crippen LogP contribution in [0.3, 0.4) is 0 Å². The summed E-state index contributed by atoms with van der Waals surface area (Å²) in [5.41, 5.74) is 0.0520. The van der Waals surface area contributed by atoms with Crippen LogP contribution in [-0.2, 0) is 4.79 Å². The van der Waals surface area contributed by atoms with E-state index in [0.29, 0.717) is 18.8 Å². The number of nitro groups is 1. The third kappa shape index (κ3) is 3.58. The number of piperazine rings is 1. The molecule has 126 valence electrons. The van der Waals surface area contributed by atoms with Gasteiger partial charge in [0.15, 0.2) is 5.82 Å². The molecule has 0 aromatic heterocycles. The van der Waals surface area contributed by atoms with E-state index in [0.717, 1.165) is 19.2 Å². The van der Waals surface area contributed by atoms with Crippen molar-refractivity contribution in [3.63, 3.8) is 0 Å². The van der Waals surface area contributed by atoms with E-state index in [9.17, 15) is 19.3 Å². The molecule has 0 bridgehead atoms. The molecule has 2 rings (SSSR count). The van der Waals surface area contributed by atoms with Crippen LogP contribution in [0.2, 0.25) is 0 Å². The predicted octanol–water partition coefficient (Wildman–Crippen LogP) is 1.86. The van der Waals surface area contributed by atoms with Crippen molar-refractivity contribution in [2.24, 2.45) is 0 Å². The number of likely N-dealkylation sites (N-methyl/N-ethyl adjacent to an activating group) is 1. The smallest absolute Gasteiger partial charge is 0.296 e. The molecule has 0 spiro atoms. The first kappa shape index (κ1) is 17.1. The van der Waals surface area contributed by atoms with Crippen molar-refractivity contribution in [3.05, 3.63) is 28.1 Å². The first-order chi connectivity index (χ1) is 10.8. The van der Waals surface area contributed by atoms with Crippen LogP contribution in [0.25, 0.3) is 0 Å². The number of benzene rings is 1. The van der Waals surface area contributed by atoms with Gasteiger partial charge in [0, 0.05) is 39.6 Å². The molecule has 1 aromatic carbocycles. The van der Waals surface area contributed by atoms with Crippen molar-refractivity contribution in [2.75, 3.05) is 49.6 Å². The number of amides is 1. The number of rotatable bonds is 4. The summed E-state index contributed by atoms with van der Waals surface area (Å²) < 4.78 is 14.4. The van der Waals surface area contributed by atoms with Gasteiger partial charge in [0.1, 0.15) is 5.69 Å². The van der Waals surface area contributed by atoms with Gasteiger partial charge in [0.05, 0.1) is 16.7 Å². The molecule has 8 heteroatoms. The highest BCUT2D eigenvalue weighted by atomic mass is 19.1. The van der Waals surface area contributed by atoms with Gasteiger partial charge in [0.25, 0.3) is 5.69 Å². The van der Waals surface area contributed by atoms with E-state index in [2.05, 4.69) is 4.90 Å². The lowest BCUT2D eigenvalue weighted by Gasteiger charge is -2.34. The maximum absolute atomic E-state index is 14.4. The van der Waals surface area contributed by atoms with E-state index in [1.54, 1.807) is 6.92 Å². The van der Waals surface area contributed by atoms with Crippen LogP contribution in [-0.4, -0.2) is 55.5 Å². The summed E-state index contributed by atoms with van der Waals surface area (Å²) in [4.78, 5) is 27.6. The van der Waals surface area contributed by atoms with Gasteiger partial charge in [-0.2, -0.15) is 0 Å². The molecule has 1 amide bonds. The van der Waals surface area contributed by atoms with Crippen LogP contribution in [0, 0.1) is 15.9 Å². The standard InChI is InChI=1S/C15H21FN4O3/c1-4-19(11(2)21)14-10-13(12(16)9-15(14)20(22)23)18-7-5-17(3)6-8-18/h9-10H,4-8H2,1-3H3. The van der Waals surface area contributed by atoms with Crippen LogP contribution >= 0.6 is 0 Å². The highest BCUT2D eigenvalue weighted by molar-refractivity contribution is 5.94. The Bertz CT molecular complexity index is 615. The van der Waals surface area contributed by atoms with Crippen LogP contribution in [0.5, 0.6) is 0 Å². The van der Waals surface area contributed by atoms with E-state index < -0.39 is 16.4 Å². The number of carbonyl (C=O) groups excluding carboxylic acids is 1. The van der Waals surface area contributed by atoms with Gasteiger partial charge in [-0.3, -0.25) is 14.9 Å². The summed E-state index contributed by atoms with van der Waals surface area (Å²) in [7, 11) is 1.99. The lowest BCUT2D eigenvalue weighted by atomic mass is 10.1. The first-order valence-corrected chi connectivity index (χ1v) is 7.54. The van der Waals surface area contributed by atoms with Crippen molar-refractivity contribution >= 4 is 23.0 Å². The Kier molecular flexibility index (Phi) is 5.15.